The van der Waals surface area contributed by atoms with Gasteiger partial charge in [0.05, 0.1) is 12.7 Å². The molecule has 1 amide bonds. The number of aromatic nitrogens is 2. The number of carbonyl (C=O) groups is 1. The lowest BCUT2D eigenvalue weighted by Crippen LogP contribution is -2.38. The van der Waals surface area contributed by atoms with Crippen molar-refractivity contribution in [3.05, 3.63) is 60.0 Å². The predicted molar refractivity (Wildman–Crippen MR) is 97.0 cm³/mol. The number of nitrogens with one attached hydrogen (secondary N) is 1. The molecular formula is C20H21N3O2. The molecule has 25 heavy (non-hydrogen) atoms. The number of amides is 1. The summed E-state index contributed by atoms with van der Waals surface area (Å²) in [6.07, 6.45) is 5.26. The molecule has 1 aliphatic rings. The average Bonchev–Trinajstić information content (AvgIpc) is 3.11. The summed E-state index contributed by atoms with van der Waals surface area (Å²) in [5.74, 6) is 1.40. The highest BCUT2D eigenvalue weighted by molar-refractivity contribution is 5.94. The molecule has 4 rings (SSSR count). The number of nitrogens with zero attached hydrogens (tertiary/aromatic N) is 2. The summed E-state index contributed by atoms with van der Waals surface area (Å²) in [5, 5.41) is 1.17. The van der Waals surface area contributed by atoms with E-state index in [2.05, 4.69) is 28.2 Å². The van der Waals surface area contributed by atoms with Gasteiger partial charge in [0.2, 0.25) is 0 Å². The Hall–Kier alpha value is -2.82. The Balaban J connectivity index is 1.46. The van der Waals surface area contributed by atoms with Crippen molar-refractivity contribution >= 4 is 16.8 Å². The van der Waals surface area contributed by atoms with E-state index in [1.165, 1.54) is 11.1 Å². The number of likely N-dealkylation sites (tertiary alicyclic amines) is 1. The zero-order chi connectivity index (χ0) is 17.2. The SMILES string of the molecule is COc1ccc2[nH]c(C3CCN(C(=O)c4cccnc4)CC3)cc2c1. The second-order valence-electron chi connectivity index (χ2n) is 6.49. The van der Waals surface area contributed by atoms with Crippen molar-refractivity contribution in [1.29, 1.82) is 0 Å². The first kappa shape index (κ1) is 15.7. The van der Waals surface area contributed by atoms with Crippen LogP contribution in [0.25, 0.3) is 10.9 Å². The maximum Gasteiger partial charge on any atom is 0.255 e. The first-order valence-electron chi connectivity index (χ1n) is 8.60. The monoisotopic (exact) mass is 335 g/mol. The molecule has 0 unspecified atom stereocenters. The molecule has 5 nitrogen and oxygen atoms in total. The fourth-order valence-corrected chi connectivity index (χ4v) is 3.55. The minimum atomic E-state index is 0.0768. The van der Waals surface area contributed by atoms with Gasteiger partial charge in [-0.3, -0.25) is 9.78 Å². The Morgan fingerprint density at radius 2 is 2.08 bits per heavy atom. The van der Waals surface area contributed by atoms with Crippen molar-refractivity contribution in [3.63, 3.8) is 0 Å². The van der Waals surface area contributed by atoms with Crippen LogP contribution in [0.4, 0.5) is 0 Å². The first-order chi connectivity index (χ1) is 12.2. The lowest BCUT2D eigenvalue weighted by molar-refractivity contribution is 0.0712. The molecule has 1 fully saturated rings. The number of aromatic amines is 1. The van der Waals surface area contributed by atoms with Gasteiger partial charge >= 0.3 is 0 Å². The van der Waals surface area contributed by atoms with Crippen LogP contribution in [0.2, 0.25) is 0 Å². The topological polar surface area (TPSA) is 58.2 Å². The van der Waals surface area contributed by atoms with Crippen molar-refractivity contribution in [2.24, 2.45) is 0 Å². The molecule has 1 aliphatic heterocycles. The van der Waals surface area contributed by atoms with E-state index in [1.54, 1.807) is 25.6 Å². The molecule has 0 atom stereocenters. The summed E-state index contributed by atoms with van der Waals surface area (Å²) in [7, 11) is 1.68. The molecule has 3 heterocycles. The Bertz CT molecular complexity index is 880. The second-order valence-corrected chi connectivity index (χ2v) is 6.49. The molecule has 0 radical (unpaired) electrons. The number of methoxy groups -OCH3 is 1. The molecule has 5 heteroatoms. The third-order valence-electron chi connectivity index (χ3n) is 4.98. The summed E-state index contributed by atoms with van der Waals surface area (Å²) in [4.78, 5) is 22.0. The maximum absolute atomic E-state index is 12.5. The van der Waals surface area contributed by atoms with E-state index in [4.69, 9.17) is 4.74 Å². The molecule has 0 saturated carbocycles. The highest BCUT2D eigenvalue weighted by Crippen LogP contribution is 2.31. The average molecular weight is 335 g/mol. The van der Waals surface area contributed by atoms with Gasteiger partial charge in [0.25, 0.3) is 5.91 Å². The van der Waals surface area contributed by atoms with Crippen LogP contribution < -0.4 is 4.74 Å². The van der Waals surface area contributed by atoms with Crippen LogP contribution in [-0.4, -0.2) is 41.0 Å². The highest BCUT2D eigenvalue weighted by Gasteiger charge is 2.25. The van der Waals surface area contributed by atoms with Crippen LogP contribution in [0, 0.1) is 0 Å². The molecule has 1 aromatic carbocycles. The van der Waals surface area contributed by atoms with Gasteiger partial charge < -0.3 is 14.6 Å². The fraction of sp³-hybridized carbons (Fsp3) is 0.300. The normalized spacial score (nSPS) is 15.5. The van der Waals surface area contributed by atoms with Crippen LogP contribution in [-0.2, 0) is 0 Å². The van der Waals surface area contributed by atoms with Gasteiger partial charge in [-0.15, -0.1) is 0 Å². The largest absolute Gasteiger partial charge is 0.497 e. The van der Waals surface area contributed by atoms with Gasteiger partial charge in [-0.05, 0) is 49.2 Å². The second kappa shape index (κ2) is 6.59. The van der Waals surface area contributed by atoms with E-state index in [9.17, 15) is 4.79 Å². The van der Waals surface area contributed by atoms with E-state index < -0.39 is 0 Å². The third-order valence-corrected chi connectivity index (χ3v) is 4.98. The van der Waals surface area contributed by atoms with Crippen LogP contribution in [0.5, 0.6) is 5.75 Å². The van der Waals surface area contributed by atoms with Gasteiger partial charge in [-0.1, -0.05) is 0 Å². The van der Waals surface area contributed by atoms with Gasteiger partial charge in [0, 0.05) is 48.0 Å². The summed E-state index contributed by atoms with van der Waals surface area (Å²) in [6.45, 7) is 1.55. The molecule has 0 spiro atoms. The van der Waals surface area contributed by atoms with E-state index >= 15 is 0 Å². The Labute approximate surface area is 146 Å². The fourth-order valence-electron chi connectivity index (χ4n) is 3.55. The minimum absolute atomic E-state index is 0.0768. The Kier molecular flexibility index (Phi) is 4.14. The summed E-state index contributed by atoms with van der Waals surface area (Å²) in [6, 6.07) is 11.9. The van der Waals surface area contributed by atoms with E-state index in [0.29, 0.717) is 11.5 Å². The van der Waals surface area contributed by atoms with Crippen molar-refractivity contribution < 1.29 is 9.53 Å². The smallest absolute Gasteiger partial charge is 0.255 e. The molecule has 2 aromatic heterocycles. The minimum Gasteiger partial charge on any atom is -0.497 e. The zero-order valence-corrected chi connectivity index (χ0v) is 14.2. The van der Waals surface area contributed by atoms with E-state index in [0.717, 1.165) is 37.2 Å². The Morgan fingerprint density at radius 1 is 1.24 bits per heavy atom. The number of H-pyrrole nitrogens is 1. The quantitative estimate of drug-likeness (QED) is 0.796. The summed E-state index contributed by atoms with van der Waals surface area (Å²) >= 11 is 0. The molecule has 1 N–H and O–H groups in total. The molecule has 0 bridgehead atoms. The van der Waals surface area contributed by atoms with Gasteiger partial charge in [0.15, 0.2) is 0 Å². The number of carbonyl (C=O) groups excluding carboxylic acids is 1. The van der Waals surface area contributed by atoms with Crippen LogP contribution >= 0.6 is 0 Å². The molecule has 128 valence electrons. The van der Waals surface area contributed by atoms with Crippen LogP contribution in [0.15, 0.2) is 48.8 Å². The van der Waals surface area contributed by atoms with Crippen LogP contribution in [0.3, 0.4) is 0 Å². The molecule has 1 saturated heterocycles. The number of piperidine rings is 1. The van der Waals surface area contributed by atoms with Gasteiger partial charge in [-0.2, -0.15) is 0 Å². The molecular weight excluding hydrogens is 314 g/mol. The van der Waals surface area contributed by atoms with Crippen molar-refractivity contribution in [2.75, 3.05) is 20.2 Å². The number of ether oxygens (including phenoxy) is 1. The zero-order valence-electron chi connectivity index (χ0n) is 14.2. The van der Waals surface area contributed by atoms with Crippen LogP contribution in [0.1, 0.15) is 34.8 Å². The number of pyridine rings is 1. The van der Waals surface area contributed by atoms with Crippen molar-refractivity contribution in [3.8, 4) is 5.75 Å². The Morgan fingerprint density at radius 3 is 2.80 bits per heavy atom. The molecule has 0 aliphatic carbocycles. The predicted octanol–water partition coefficient (Wildman–Crippen LogP) is 3.59. The number of fused-ring (bicyclic) bond motifs is 1. The number of rotatable bonds is 3. The highest BCUT2D eigenvalue weighted by atomic mass is 16.5. The first-order valence-corrected chi connectivity index (χ1v) is 8.60. The standard InChI is InChI=1S/C20H21N3O2/c1-25-17-4-5-18-16(11-17)12-19(22-18)14-6-9-23(10-7-14)20(24)15-3-2-8-21-13-15/h2-5,8,11-14,22H,6-7,9-10H2,1H3. The summed E-state index contributed by atoms with van der Waals surface area (Å²) in [5.41, 5.74) is 3.04. The van der Waals surface area contributed by atoms with E-state index in [-0.39, 0.29) is 5.91 Å². The maximum atomic E-state index is 12.5. The summed E-state index contributed by atoms with van der Waals surface area (Å²) < 4.78 is 5.30. The number of benzene rings is 1. The number of hydrogen-bond acceptors (Lipinski definition) is 3. The van der Waals surface area contributed by atoms with Gasteiger partial charge in [0.1, 0.15) is 5.75 Å². The van der Waals surface area contributed by atoms with Gasteiger partial charge in [-0.25, -0.2) is 0 Å². The van der Waals surface area contributed by atoms with Crippen molar-refractivity contribution in [1.82, 2.24) is 14.9 Å². The van der Waals surface area contributed by atoms with Crippen molar-refractivity contribution in [2.45, 2.75) is 18.8 Å². The lowest BCUT2D eigenvalue weighted by atomic mass is 9.93. The lowest BCUT2D eigenvalue weighted by Gasteiger charge is -2.31. The molecule has 3 aromatic rings. The number of hydrogen-bond donors (Lipinski definition) is 1. The van der Waals surface area contributed by atoms with E-state index in [1.807, 2.05) is 17.0 Å². The third kappa shape index (κ3) is 3.09.